The largest absolute Gasteiger partial charge is 0.478 e. The molecule has 2 N–H and O–H groups in total. The predicted molar refractivity (Wildman–Crippen MR) is 109 cm³/mol. The van der Waals surface area contributed by atoms with Crippen LogP contribution in [0.5, 0.6) is 0 Å². The van der Waals surface area contributed by atoms with E-state index in [2.05, 4.69) is 4.72 Å². The summed E-state index contributed by atoms with van der Waals surface area (Å²) < 4.78 is 28.0. The Kier molecular flexibility index (Phi) is 5.80. The van der Waals surface area contributed by atoms with Gasteiger partial charge in [-0.1, -0.05) is 48.0 Å². The van der Waals surface area contributed by atoms with E-state index >= 15 is 0 Å². The van der Waals surface area contributed by atoms with E-state index < -0.39 is 16.0 Å². The molecule has 0 atom stereocenters. The molecule has 28 heavy (non-hydrogen) atoms. The standard InChI is InChI=1S/C22H21NO4S/c1-16-6-14-20(15-7-16)28(26,27)23-21-5-3-2-4-18(21)11-8-17-9-12-19(13-10-17)22(24)25/h2-7,9-10,12-15,23H,8,11H2,1H3,(H,24,25). The maximum absolute atomic E-state index is 12.7. The second-order valence-electron chi connectivity index (χ2n) is 6.58. The van der Waals surface area contributed by atoms with Crippen molar-refractivity contribution in [2.45, 2.75) is 24.7 Å². The van der Waals surface area contributed by atoms with Crippen LogP contribution < -0.4 is 4.72 Å². The fourth-order valence-corrected chi connectivity index (χ4v) is 3.95. The van der Waals surface area contributed by atoms with Crippen LogP contribution in [0.1, 0.15) is 27.0 Å². The minimum Gasteiger partial charge on any atom is -0.478 e. The lowest BCUT2D eigenvalue weighted by Gasteiger charge is -2.13. The summed E-state index contributed by atoms with van der Waals surface area (Å²) >= 11 is 0. The van der Waals surface area contributed by atoms with Gasteiger partial charge in [-0.05, 0) is 61.2 Å². The number of nitrogens with one attached hydrogen (secondary N) is 1. The van der Waals surface area contributed by atoms with E-state index in [9.17, 15) is 13.2 Å². The summed E-state index contributed by atoms with van der Waals surface area (Å²) in [5, 5.41) is 8.97. The zero-order valence-electron chi connectivity index (χ0n) is 15.4. The molecule has 0 saturated carbocycles. The number of hydrogen-bond donors (Lipinski definition) is 2. The molecule has 0 radical (unpaired) electrons. The molecule has 5 nitrogen and oxygen atoms in total. The SMILES string of the molecule is Cc1ccc(S(=O)(=O)Nc2ccccc2CCc2ccc(C(=O)O)cc2)cc1. The third-order valence-corrected chi connectivity index (χ3v) is 5.86. The highest BCUT2D eigenvalue weighted by Crippen LogP contribution is 2.22. The van der Waals surface area contributed by atoms with E-state index in [1.807, 2.05) is 19.1 Å². The van der Waals surface area contributed by atoms with Gasteiger partial charge >= 0.3 is 5.97 Å². The number of aromatic carboxylic acids is 1. The highest BCUT2D eigenvalue weighted by atomic mass is 32.2. The molecule has 0 aliphatic heterocycles. The number of hydrogen-bond acceptors (Lipinski definition) is 3. The van der Waals surface area contributed by atoms with Crippen LogP contribution in [-0.4, -0.2) is 19.5 Å². The number of aryl methyl sites for hydroxylation is 3. The average Bonchev–Trinajstić information content (AvgIpc) is 2.68. The summed E-state index contributed by atoms with van der Waals surface area (Å²) in [5.41, 5.74) is 3.65. The summed E-state index contributed by atoms with van der Waals surface area (Å²) in [5.74, 6) is -0.956. The normalized spacial score (nSPS) is 11.2. The molecule has 0 amide bonds. The van der Waals surface area contributed by atoms with Gasteiger partial charge in [0.15, 0.2) is 0 Å². The smallest absolute Gasteiger partial charge is 0.335 e. The van der Waals surface area contributed by atoms with E-state index in [0.717, 1.165) is 16.7 Å². The second-order valence-corrected chi connectivity index (χ2v) is 8.26. The Morgan fingerprint density at radius 2 is 1.54 bits per heavy atom. The molecular weight excluding hydrogens is 374 g/mol. The van der Waals surface area contributed by atoms with E-state index in [1.165, 1.54) is 0 Å². The number of sulfonamides is 1. The predicted octanol–water partition coefficient (Wildman–Crippen LogP) is 4.28. The minimum absolute atomic E-state index is 0.220. The van der Waals surface area contributed by atoms with Gasteiger partial charge in [0.25, 0.3) is 10.0 Å². The first kappa shape index (κ1) is 19.6. The second kappa shape index (κ2) is 8.27. The molecule has 0 spiro atoms. The summed E-state index contributed by atoms with van der Waals surface area (Å²) in [7, 11) is -3.67. The average molecular weight is 395 g/mol. The third kappa shape index (κ3) is 4.78. The number of rotatable bonds is 7. The maximum Gasteiger partial charge on any atom is 0.335 e. The number of anilines is 1. The highest BCUT2D eigenvalue weighted by molar-refractivity contribution is 7.92. The summed E-state index contributed by atoms with van der Waals surface area (Å²) in [6.45, 7) is 1.90. The van der Waals surface area contributed by atoms with Gasteiger partial charge in [0.05, 0.1) is 16.1 Å². The van der Waals surface area contributed by atoms with Gasteiger partial charge in [0.2, 0.25) is 0 Å². The van der Waals surface area contributed by atoms with Crippen molar-refractivity contribution in [1.82, 2.24) is 0 Å². The van der Waals surface area contributed by atoms with Crippen molar-refractivity contribution < 1.29 is 18.3 Å². The van der Waals surface area contributed by atoms with Gasteiger partial charge in [0, 0.05) is 0 Å². The van der Waals surface area contributed by atoms with Crippen molar-refractivity contribution in [3.8, 4) is 0 Å². The fourth-order valence-electron chi connectivity index (χ4n) is 2.85. The zero-order chi connectivity index (χ0) is 20.1. The van der Waals surface area contributed by atoms with Gasteiger partial charge in [-0.2, -0.15) is 0 Å². The molecule has 0 bridgehead atoms. The number of carboxylic acids is 1. The van der Waals surface area contributed by atoms with Crippen molar-refractivity contribution in [3.05, 3.63) is 95.1 Å². The first-order chi connectivity index (χ1) is 13.3. The maximum atomic E-state index is 12.7. The molecule has 0 saturated heterocycles. The van der Waals surface area contributed by atoms with Crippen molar-refractivity contribution in [2.24, 2.45) is 0 Å². The molecule has 3 aromatic carbocycles. The summed E-state index contributed by atoms with van der Waals surface area (Å²) in [6.07, 6.45) is 1.29. The minimum atomic E-state index is -3.67. The first-order valence-electron chi connectivity index (χ1n) is 8.85. The lowest BCUT2D eigenvalue weighted by Crippen LogP contribution is -2.14. The van der Waals surface area contributed by atoms with Crippen LogP contribution in [0.3, 0.4) is 0 Å². The zero-order valence-corrected chi connectivity index (χ0v) is 16.2. The monoisotopic (exact) mass is 395 g/mol. The molecule has 0 aromatic heterocycles. The van der Waals surface area contributed by atoms with Gasteiger partial charge in [0.1, 0.15) is 0 Å². The van der Waals surface area contributed by atoms with Crippen LogP contribution in [-0.2, 0) is 22.9 Å². The molecule has 0 heterocycles. The molecule has 0 unspecified atom stereocenters. The van der Waals surface area contributed by atoms with Gasteiger partial charge < -0.3 is 5.11 Å². The molecule has 3 rings (SSSR count). The van der Waals surface area contributed by atoms with Crippen LogP contribution in [0.15, 0.2) is 77.7 Å². The molecule has 3 aromatic rings. The lowest BCUT2D eigenvalue weighted by molar-refractivity contribution is 0.0697. The summed E-state index contributed by atoms with van der Waals surface area (Å²) in [6, 6.07) is 20.7. The van der Waals surface area contributed by atoms with Crippen molar-refractivity contribution in [1.29, 1.82) is 0 Å². The highest BCUT2D eigenvalue weighted by Gasteiger charge is 2.15. The Bertz CT molecular complexity index is 1070. The fraction of sp³-hybridized carbons (Fsp3) is 0.136. The van der Waals surface area contributed by atoms with Crippen LogP contribution in [0.4, 0.5) is 5.69 Å². The van der Waals surface area contributed by atoms with Crippen molar-refractivity contribution in [2.75, 3.05) is 4.72 Å². The van der Waals surface area contributed by atoms with E-state index in [4.69, 9.17) is 5.11 Å². The molecule has 0 aliphatic rings. The van der Waals surface area contributed by atoms with Gasteiger partial charge in [-0.3, -0.25) is 4.72 Å². The number of carbonyl (C=O) groups is 1. The Morgan fingerprint density at radius 3 is 2.18 bits per heavy atom. The molecular formula is C22H21NO4S. The first-order valence-corrected chi connectivity index (χ1v) is 10.3. The van der Waals surface area contributed by atoms with E-state index in [0.29, 0.717) is 18.5 Å². The Labute approximate surface area is 164 Å². The molecule has 0 fully saturated rings. The van der Waals surface area contributed by atoms with Crippen LogP contribution >= 0.6 is 0 Å². The van der Waals surface area contributed by atoms with E-state index in [-0.39, 0.29) is 10.5 Å². The molecule has 144 valence electrons. The number of benzene rings is 3. The van der Waals surface area contributed by atoms with E-state index in [1.54, 1.807) is 60.7 Å². The molecule has 6 heteroatoms. The molecule has 0 aliphatic carbocycles. The summed E-state index contributed by atoms with van der Waals surface area (Å²) in [4.78, 5) is 11.2. The van der Waals surface area contributed by atoms with Gasteiger partial charge in [-0.15, -0.1) is 0 Å². The topological polar surface area (TPSA) is 83.5 Å². The Morgan fingerprint density at radius 1 is 0.893 bits per heavy atom. The number of para-hydroxylation sites is 1. The quantitative estimate of drug-likeness (QED) is 0.625. The Balaban J connectivity index is 1.75. The van der Waals surface area contributed by atoms with Gasteiger partial charge in [-0.25, -0.2) is 13.2 Å². The number of carboxylic acid groups (broad SMARTS) is 1. The van der Waals surface area contributed by atoms with Crippen LogP contribution in [0, 0.1) is 6.92 Å². The van der Waals surface area contributed by atoms with Crippen molar-refractivity contribution in [3.63, 3.8) is 0 Å². The van der Waals surface area contributed by atoms with Crippen LogP contribution in [0.2, 0.25) is 0 Å². The van der Waals surface area contributed by atoms with Crippen LogP contribution in [0.25, 0.3) is 0 Å². The third-order valence-electron chi connectivity index (χ3n) is 4.48. The lowest BCUT2D eigenvalue weighted by atomic mass is 10.0. The Hall–Kier alpha value is -3.12. The van der Waals surface area contributed by atoms with Crippen molar-refractivity contribution >= 4 is 21.7 Å².